The van der Waals surface area contributed by atoms with Crippen LogP contribution in [0, 0.1) is 20.8 Å². The maximum absolute atomic E-state index is 11.5. The van der Waals surface area contributed by atoms with Crippen molar-refractivity contribution in [2.24, 2.45) is 9.98 Å². The summed E-state index contributed by atoms with van der Waals surface area (Å²) in [6, 6.07) is 8.28. The minimum absolute atomic E-state index is 0.326. The topological polar surface area (TPSA) is 51.0 Å². The predicted octanol–water partition coefficient (Wildman–Crippen LogP) is 5.78. The number of amides is 1. The van der Waals surface area contributed by atoms with Gasteiger partial charge in [-0.3, -0.25) is 4.99 Å². The van der Waals surface area contributed by atoms with Gasteiger partial charge in [-0.2, -0.15) is 4.99 Å². The second kappa shape index (κ2) is 8.21. The summed E-state index contributed by atoms with van der Waals surface area (Å²) in [5, 5.41) is 0. The lowest BCUT2D eigenvalue weighted by Gasteiger charge is -2.08. The Labute approximate surface area is 153 Å². The Balaban J connectivity index is 2.29. The molecule has 0 fully saturated rings. The molecule has 132 valence electrons. The number of nitrogens with zero attached hydrogens (tertiary/aromatic N) is 2. The third-order valence-electron chi connectivity index (χ3n) is 3.76. The zero-order valence-corrected chi connectivity index (χ0v) is 16.5. The van der Waals surface area contributed by atoms with E-state index in [1.807, 2.05) is 26.0 Å². The van der Waals surface area contributed by atoms with Crippen LogP contribution in [0.5, 0.6) is 0 Å². The highest BCUT2D eigenvalue weighted by molar-refractivity contribution is 7.16. The van der Waals surface area contributed by atoms with Crippen LogP contribution in [-0.4, -0.2) is 24.1 Å². The van der Waals surface area contributed by atoms with Crippen LogP contribution in [0.25, 0.3) is 0 Å². The average Bonchev–Trinajstić information content (AvgIpc) is 3.01. The van der Waals surface area contributed by atoms with E-state index < -0.39 is 6.09 Å². The number of carbonyl (C=O) groups is 1. The van der Waals surface area contributed by atoms with Crippen LogP contribution < -0.4 is 0 Å². The van der Waals surface area contributed by atoms with Gasteiger partial charge in [0.15, 0.2) is 0 Å². The molecule has 0 saturated carbocycles. The third-order valence-corrected chi connectivity index (χ3v) is 5.06. The average molecular weight is 356 g/mol. The number of aliphatic imine (C=N–C) groups is 2. The molecule has 2 rings (SSSR count). The van der Waals surface area contributed by atoms with Crippen LogP contribution in [0.2, 0.25) is 0 Å². The number of carbonyl (C=O) groups excluding carboxylic acids is 1. The number of thiophene rings is 1. The molecule has 1 amide bonds. The first kappa shape index (κ1) is 19.1. The van der Waals surface area contributed by atoms with Crippen molar-refractivity contribution in [1.82, 2.24) is 0 Å². The van der Waals surface area contributed by atoms with Crippen molar-refractivity contribution in [3.8, 4) is 0 Å². The van der Waals surface area contributed by atoms with E-state index in [-0.39, 0.29) is 0 Å². The highest BCUT2D eigenvalue weighted by atomic mass is 32.1. The zero-order chi connectivity index (χ0) is 18.6. The van der Waals surface area contributed by atoms with Gasteiger partial charge in [0.05, 0.1) is 23.7 Å². The molecule has 0 atom stereocenters. The highest BCUT2D eigenvalue weighted by Crippen LogP contribution is 2.27. The number of rotatable bonds is 4. The van der Waals surface area contributed by atoms with Gasteiger partial charge in [0, 0.05) is 9.75 Å². The fraction of sp³-hybridized carbons (Fsp3) is 0.350. The van der Waals surface area contributed by atoms with Crippen LogP contribution >= 0.6 is 11.3 Å². The Kier molecular flexibility index (Phi) is 6.26. The first-order valence-corrected chi connectivity index (χ1v) is 9.09. The van der Waals surface area contributed by atoms with Gasteiger partial charge in [-0.05, 0) is 64.8 Å². The maximum Gasteiger partial charge on any atom is 0.433 e. The summed E-state index contributed by atoms with van der Waals surface area (Å²) in [6.45, 7) is 12.2. The van der Waals surface area contributed by atoms with Gasteiger partial charge in [0.1, 0.15) is 0 Å². The summed E-state index contributed by atoms with van der Waals surface area (Å²) >= 11 is 1.57. The number of hydrogen-bond acceptors (Lipinski definition) is 4. The monoisotopic (exact) mass is 356 g/mol. The molecule has 1 aromatic carbocycles. The van der Waals surface area contributed by atoms with Crippen LogP contribution in [0.3, 0.4) is 0 Å². The quantitative estimate of drug-likeness (QED) is 0.652. The second-order valence-corrected chi connectivity index (χ2v) is 7.09. The molecule has 5 heteroatoms. The summed E-state index contributed by atoms with van der Waals surface area (Å²) < 4.78 is 4.86. The van der Waals surface area contributed by atoms with E-state index in [1.165, 1.54) is 16.7 Å². The molecule has 1 aromatic heterocycles. The number of benzene rings is 1. The Bertz CT molecular complexity index is 824. The van der Waals surface area contributed by atoms with E-state index >= 15 is 0 Å². The molecule has 2 aromatic rings. The molecule has 0 radical (unpaired) electrons. The normalized spacial score (nSPS) is 12.4. The van der Waals surface area contributed by atoms with Gasteiger partial charge in [0.2, 0.25) is 0 Å². The van der Waals surface area contributed by atoms with Gasteiger partial charge >= 0.3 is 6.09 Å². The first-order valence-electron chi connectivity index (χ1n) is 8.27. The molecule has 4 nitrogen and oxygen atoms in total. The molecule has 0 aliphatic carbocycles. The van der Waals surface area contributed by atoms with Crippen molar-refractivity contribution in [1.29, 1.82) is 0 Å². The summed E-state index contributed by atoms with van der Waals surface area (Å²) in [7, 11) is 0. The molecule has 0 aliphatic heterocycles. The maximum atomic E-state index is 11.5. The van der Waals surface area contributed by atoms with E-state index in [9.17, 15) is 4.79 Å². The fourth-order valence-electron chi connectivity index (χ4n) is 2.65. The Morgan fingerprint density at radius 3 is 2.16 bits per heavy atom. The highest BCUT2D eigenvalue weighted by Gasteiger charge is 2.09. The molecule has 0 unspecified atom stereocenters. The Morgan fingerprint density at radius 1 is 1.04 bits per heavy atom. The Hall–Kier alpha value is -2.27. The van der Waals surface area contributed by atoms with Crippen LogP contribution in [0.15, 0.2) is 34.3 Å². The second-order valence-electron chi connectivity index (χ2n) is 6.00. The lowest BCUT2D eigenvalue weighted by Crippen LogP contribution is -2.02. The fourth-order valence-corrected chi connectivity index (χ4v) is 3.54. The number of ether oxygens (including phenoxy) is 1. The van der Waals surface area contributed by atoms with Crippen LogP contribution in [0.1, 0.15) is 47.2 Å². The lowest BCUT2D eigenvalue weighted by molar-refractivity contribution is 0.163. The molecule has 0 aliphatic rings. The summed E-state index contributed by atoms with van der Waals surface area (Å²) in [6.07, 6.45) is -0.550. The van der Waals surface area contributed by atoms with Gasteiger partial charge in [-0.25, -0.2) is 4.79 Å². The summed E-state index contributed by atoms with van der Waals surface area (Å²) in [5.41, 5.74) is 6.23. The lowest BCUT2D eigenvalue weighted by atomic mass is 10.1. The Morgan fingerprint density at radius 2 is 1.60 bits per heavy atom. The summed E-state index contributed by atoms with van der Waals surface area (Å²) in [4.78, 5) is 22.3. The van der Waals surface area contributed by atoms with Gasteiger partial charge in [-0.1, -0.05) is 17.7 Å². The minimum Gasteiger partial charge on any atom is -0.448 e. The van der Waals surface area contributed by atoms with Crippen molar-refractivity contribution in [3.63, 3.8) is 0 Å². The number of aryl methyl sites for hydroxylation is 3. The SMILES string of the molecule is CCOC(=O)/N=C(\C)c1ccc(C(C)=Nc2c(C)cc(C)cc2C)s1. The van der Waals surface area contributed by atoms with E-state index in [0.717, 1.165) is 21.2 Å². The van der Waals surface area contributed by atoms with E-state index in [4.69, 9.17) is 9.73 Å². The molecule has 0 bridgehead atoms. The minimum atomic E-state index is -0.550. The standard InChI is InChI=1S/C20H24N2O2S/c1-7-24-20(23)22-16(6)18-9-8-17(25-18)15(5)21-19-13(3)10-12(2)11-14(19)4/h8-11H,7H2,1-6H3/b21-15?,22-16+. The molecular formula is C20H24N2O2S. The smallest absolute Gasteiger partial charge is 0.433 e. The van der Waals surface area contributed by atoms with Crippen molar-refractivity contribution < 1.29 is 9.53 Å². The molecule has 1 heterocycles. The van der Waals surface area contributed by atoms with Crippen molar-refractivity contribution in [2.45, 2.75) is 41.5 Å². The van der Waals surface area contributed by atoms with Crippen molar-refractivity contribution >= 4 is 34.5 Å². The van der Waals surface area contributed by atoms with E-state index in [2.05, 4.69) is 37.9 Å². The van der Waals surface area contributed by atoms with E-state index in [0.29, 0.717) is 12.3 Å². The molecule has 0 N–H and O–H groups in total. The number of hydrogen-bond donors (Lipinski definition) is 0. The van der Waals surface area contributed by atoms with Crippen LogP contribution in [-0.2, 0) is 4.74 Å². The van der Waals surface area contributed by atoms with Crippen molar-refractivity contribution in [3.05, 3.63) is 50.7 Å². The largest absolute Gasteiger partial charge is 0.448 e. The summed E-state index contributed by atoms with van der Waals surface area (Å²) in [5.74, 6) is 0. The van der Waals surface area contributed by atoms with E-state index in [1.54, 1.807) is 18.3 Å². The van der Waals surface area contributed by atoms with Crippen molar-refractivity contribution in [2.75, 3.05) is 6.61 Å². The third kappa shape index (κ3) is 4.86. The van der Waals surface area contributed by atoms with Crippen LogP contribution in [0.4, 0.5) is 10.5 Å². The molecule has 25 heavy (non-hydrogen) atoms. The van der Waals surface area contributed by atoms with Gasteiger partial charge in [0.25, 0.3) is 0 Å². The molecule has 0 spiro atoms. The predicted molar refractivity (Wildman–Crippen MR) is 106 cm³/mol. The zero-order valence-electron chi connectivity index (χ0n) is 15.6. The van der Waals surface area contributed by atoms with Gasteiger partial charge in [-0.15, -0.1) is 11.3 Å². The molecular weight excluding hydrogens is 332 g/mol. The first-order chi connectivity index (χ1) is 11.8. The molecule has 0 saturated heterocycles. The van der Waals surface area contributed by atoms with Gasteiger partial charge < -0.3 is 4.74 Å².